The predicted octanol–water partition coefficient (Wildman–Crippen LogP) is 7.44. The quantitative estimate of drug-likeness (QED) is 0.348. The molecule has 0 aromatic heterocycles. The molecule has 0 aromatic rings. The monoisotopic (exact) mass is 560 g/mol. The molecule has 0 unspecified atom stereocenters. The zero-order valence-corrected chi connectivity index (χ0v) is 27.0. The molecular formula is C29H68O7S. The lowest BCUT2D eigenvalue weighted by atomic mass is 9.81. The average Bonchev–Trinajstić information content (AvgIpc) is 2.58. The molecule has 0 bridgehead atoms. The van der Waals surface area contributed by atoms with Crippen LogP contribution in [0.25, 0.3) is 0 Å². The van der Waals surface area contributed by atoms with Crippen molar-refractivity contribution >= 4 is 21.8 Å². The van der Waals surface area contributed by atoms with Crippen LogP contribution in [0.2, 0.25) is 0 Å². The van der Waals surface area contributed by atoms with Crippen LogP contribution in [0, 0.1) is 29.1 Å². The summed E-state index contributed by atoms with van der Waals surface area (Å²) in [4.78, 5) is 21.6. The zero-order valence-electron chi connectivity index (χ0n) is 26.2. The largest absolute Gasteiger partial charge is 0.469 e. The van der Waals surface area contributed by atoms with Gasteiger partial charge in [-0.2, -0.15) is 0 Å². The minimum absolute atomic E-state index is 0. The highest BCUT2D eigenvalue weighted by atomic mass is 32.2. The molecule has 0 aliphatic heterocycles. The average molecular weight is 561 g/mol. The van der Waals surface area contributed by atoms with Gasteiger partial charge in [-0.25, -0.2) is 8.42 Å². The number of hydrogen-bond acceptors (Lipinski definition) is 7. The van der Waals surface area contributed by atoms with Crippen molar-refractivity contribution in [1.82, 2.24) is 0 Å². The summed E-state index contributed by atoms with van der Waals surface area (Å²) < 4.78 is 29.0. The first-order valence-corrected chi connectivity index (χ1v) is 14.6. The van der Waals surface area contributed by atoms with Crippen molar-refractivity contribution in [2.45, 2.75) is 130 Å². The van der Waals surface area contributed by atoms with Crippen molar-refractivity contribution in [3.05, 3.63) is 0 Å². The first-order valence-electron chi connectivity index (χ1n) is 12.3. The molecule has 1 N–H and O–H groups in total. The number of hydrogen-bond donors (Lipinski definition) is 1. The van der Waals surface area contributed by atoms with E-state index in [0.29, 0.717) is 11.8 Å². The van der Waals surface area contributed by atoms with Crippen LogP contribution in [-0.4, -0.2) is 56.8 Å². The SMILES string of the molecule is C.C.CC(=O)OC(C)(C)C(C)C.CC(C)C(C)C.CC(C)O.COC(=O)C(C)(C)C(C)C.CS(C)(=O)=O. The number of esters is 2. The minimum Gasteiger partial charge on any atom is -0.469 e. The van der Waals surface area contributed by atoms with Gasteiger partial charge in [-0.15, -0.1) is 0 Å². The molecule has 0 atom stereocenters. The van der Waals surface area contributed by atoms with E-state index in [2.05, 4.69) is 32.4 Å². The van der Waals surface area contributed by atoms with E-state index in [9.17, 15) is 18.0 Å². The summed E-state index contributed by atoms with van der Waals surface area (Å²) in [5, 5.41) is 8.06. The van der Waals surface area contributed by atoms with E-state index in [-0.39, 0.29) is 43.9 Å². The second-order valence-corrected chi connectivity index (χ2v) is 13.7. The third-order valence-corrected chi connectivity index (χ3v) is 5.29. The Kier molecular flexibility index (Phi) is 35.6. The number of carbonyl (C=O) groups is 2. The summed E-state index contributed by atoms with van der Waals surface area (Å²) in [6, 6.07) is 0. The Morgan fingerprint density at radius 3 is 1.03 bits per heavy atom. The Labute approximate surface area is 233 Å². The first-order chi connectivity index (χ1) is 15.2. The zero-order chi connectivity index (χ0) is 30.0. The van der Waals surface area contributed by atoms with Crippen molar-refractivity contribution < 1.29 is 32.6 Å². The fourth-order valence-corrected chi connectivity index (χ4v) is 0.987. The fourth-order valence-electron chi connectivity index (χ4n) is 0.987. The second kappa shape index (κ2) is 25.1. The summed E-state index contributed by atoms with van der Waals surface area (Å²) >= 11 is 0. The molecule has 37 heavy (non-hydrogen) atoms. The van der Waals surface area contributed by atoms with Gasteiger partial charge in [0, 0.05) is 25.5 Å². The van der Waals surface area contributed by atoms with Gasteiger partial charge in [0.15, 0.2) is 0 Å². The van der Waals surface area contributed by atoms with Gasteiger partial charge in [-0.3, -0.25) is 9.59 Å². The van der Waals surface area contributed by atoms with Crippen LogP contribution in [0.3, 0.4) is 0 Å². The number of methoxy groups -OCH3 is 1. The molecular weight excluding hydrogens is 492 g/mol. The molecule has 0 aliphatic carbocycles. The summed E-state index contributed by atoms with van der Waals surface area (Å²) in [5.74, 6) is 2.03. The normalized spacial score (nSPS) is 10.7. The van der Waals surface area contributed by atoms with Gasteiger partial charge in [0.05, 0.1) is 12.5 Å². The molecule has 0 aromatic carbocycles. The molecule has 0 saturated carbocycles. The molecule has 0 saturated heterocycles. The lowest BCUT2D eigenvalue weighted by Gasteiger charge is -2.28. The van der Waals surface area contributed by atoms with Crippen molar-refractivity contribution in [3.63, 3.8) is 0 Å². The highest BCUT2D eigenvalue weighted by molar-refractivity contribution is 7.89. The second-order valence-electron chi connectivity index (χ2n) is 11.4. The number of carbonyl (C=O) groups excluding carboxylic acids is 2. The van der Waals surface area contributed by atoms with Crippen LogP contribution in [-0.2, 0) is 28.9 Å². The van der Waals surface area contributed by atoms with Crippen molar-refractivity contribution in [2.75, 3.05) is 19.6 Å². The maximum absolute atomic E-state index is 11.1. The summed E-state index contributed by atoms with van der Waals surface area (Å²) in [5.41, 5.74) is -0.680. The van der Waals surface area contributed by atoms with Gasteiger partial charge in [-0.1, -0.05) is 70.2 Å². The van der Waals surface area contributed by atoms with Crippen molar-refractivity contribution in [2.24, 2.45) is 29.1 Å². The third kappa shape index (κ3) is 48.5. The van der Waals surface area contributed by atoms with Gasteiger partial charge >= 0.3 is 11.9 Å². The number of sulfone groups is 1. The predicted molar refractivity (Wildman–Crippen MR) is 163 cm³/mol. The van der Waals surface area contributed by atoms with Crippen molar-refractivity contribution in [3.8, 4) is 0 Å². The van der Waals surface area contributed by atoms with E-state index in [1.54, 1.807) is 13.8 Å². The molecule has 0 radical (unpaired) electrons. The topological polar surface area (TPSA) is 107 Å². The third-order valence-electron chi connectivity index (χ3n) is 5.29. The first kappa shape index (κ1) is 52.3. The van der Waals surface area contributed by atoms with E-state index in [1.165, 1.54) is 14.0 Å². The van der Waals surface area contributed by atoms with Gasteiger partial charge in [0.25, 0.3) is 0 Å². The minimum atomic E-state index is -2.67. The number of aliphatic hydroxyl groups excluding tert-OH is 1. The molecule has 0 aliphatic rings. The van der Waals surface area contributed by atoms with Gasteiger partial charge in [-0.05, 0) is 65.2 Å². The Bertz CT molecular complexity index is 614. The van der Waals surface area contributed by atoms with E-state index in [4.69, 9.17) is 9.84 Å². The fraction of sp³-hybridized carbons (Fsp3) is 0.931. The van der Waals surface area contributed by atoms with Crippen LogP contribution in [0.15, 0.2) is 0 Å². The van der Waals surface area contributed by atoms with Crippen LogP contribution in [0.1, 0.15) is 119 Å². The smallest absolute Gasteiger partial charge is 0.311 e. The molecule has 7 nitrogen and oxygen atoms in total. The van der Waals surface area contributed by atoms with Gasteiger partial charge < -0.3 is 14.6 Å². The Morgan fingerprint density at radius 1 is 0.730 bits per heavy atom. The molecule has 0 rings (SSSR count). The number of aliphatic hydroxyl groups is 1. The van der Waals surface area contributed by atoms with Crippen LogP contribution >= 0.6 is 0 Å². The Hall–Kier alpha value is -1.15. The number of rotatable bonds is 5. The Balaban J connectivity index is -0.0000000626. The number of ether oxygens (including phenoxy) is 2. The molecule has 0 heterocycles. The van der Waals surface area contributed by atoms with E-state index >= 15 is 0 Å². The molecule has 8 heteroatoms. The summed E-state index contributed by atoms with van der Waals surface area (Å²) in [6.45, 7) is 29.5. The standard InChI is InChI=1S/2C8H16O2.C6H14.C3H8O.C2H6O2S.2CH4/c1-6(2)8(3,4)7(9)10-5;1-6(2)8(4,5)10-7(3)9;1-5(2)6(3)4;1-3(2)4;1-5(2,3)4;;/h2*6H,1-5H3;5-6H,1-4H3;3-4H,1-2H3;1-2H3;2*1H4. The highest BCUT2D eigenvalue weighted by Crippen LogP contribution is 2.26. The molecule has 232 valence electrons. The summed E-state index contributed by atoms with van der Waals surface area (Å²) in [7, 11) is -1.24. The van der Waals surface area contributed by atoms with Gasteiger partial charge in [0.2, 0.25) is 0 Å². The van der Waals surface area contributed by atoms with Crippen LogP contribution < -0.4 is 0 Å². The van der Waals surface area contributed by atoms with Crippen LogP contribution in [0.4, 0.5) is 0 Å². The molecule has 0 fully saturated rings. The molecule has 0 amide bonds. The lowest BCUT2D eigenvalue weighted by molar-refractivity contribution is -0.157. The summed E-state index contributed by atoms with van der Waals surface area (Å²) in [6.07, 6.45) is 2.15. The van der Waals surface area contributed by atoms with Crippen LogP contribution in [0.5, 0.6) is 0 Å². The maximum Gasteiger partial charge on any atom is 0.311 e. The molecule has 0 spiro atoms. The van der Waals surface area contributed by atoms with E-state index in [0.717, 1.165) is 24.3 Å². The Morgan fingerprint density at radius 2 is 0.973 bits per heavy atom. The maximum atomic E-state index is 11.1. The van der Waals surface area contributed by atoms with E-state index in [1.807, 2.05) is 55.4 Å². The van der Waals surface area contributed by atoms with E-state index < -0.39 is 9.84 Å². The lowest BCUT2D eigenvalue weighted by Crippen LogP contribution is -2.32. The van der Waals surface area contributed by atoms with Gasteiger partial charge in [0.1, 0.15) is 15.4 Å². The highest BCUT2D eigenvalue weighted by Gasteiger charge is 2.31. The van der Waals surface area contributed by atoms with Crippen molar-refractivity contribution in [1.29, 1.82) is 0 Å².